The number of benzene rings is 1. The van der Waals surface area contributed by atoms with E-state index in [1.54, 1.807) is 0 Å². The van der Waals surface area contributed by atoms with Crippen LogP contribution in [0.1, 0.15) is 18.9 Å². The van der Waals surface area contributed by atoms with E-state index in [1.807, 2.05) is 30.3 Å². The first-order valence-corrected chi connectivity index (χ1v) is 8.43. The third kappa shape index (κ3) is 6.50. The summed E-state index contributed by atoms with van der Waals surface area (Å²) in [6.45, 7) is 4.13. The summed E-state index contributed by atoms with van der Waals surface area (Å²) in [6.07, 6.45) is 2.48. The van der Waals surface area contributed by atoms with Crippen molar-refractivity contribution in [3.8, 4) is 0 Å². The normalized spacial score (nSPS) is 10.2. The second-order valence-electron chi connectivity index (χ2n) is 5.74. The van der Waals surface area contributed by atoms with E-state index in [1.165, 1.54) is 16.8 Å². The highest BCUT2D eigenvalue weighted by atomic mass is 35.5. The van der Waals surface area contributed by atoms with Crippen molar-refractivity contribution in [3.63, 3.8) is 0 Å². The van der Waals surface area contributed by atoms with Gasteiger partial charge >= 0.3 is 5.69 Å². The molecule has 0 atom stereocenters. The average molecular weight is 381 g/mol. The Morgan fingerprint density at radius 1 is 1.04 bits per heavy atom. The summed E-state index contributed by atoms with van der Waals surface area (Å²) in [4.78, 5) is 36.4. The highest BCUT2D eigenvalue weighted by Crippen LogP contribution is 1.99. The lowest BCUT2D eigenvalue weighted by molar-refractivity contribution is -0.121. The maximum Gasteiger partial charge on any atom is 0.331 e. The largest absolute Gasteiger partial charge is 0.353 e. The number of hydrogen-bond donors (Lipinski definition) is 2. The van der Waals surface area contributed by atoms with E-state index in [-0.39, 0.29) is 24.9 Å². The zero-order valence-corrected chi connectivity index (χ0v) is 15.6. The van der Waals surface area contributed by atoms with Crippen molar-refractivity contribution in [2.24, 2.45) is 0 Å². The Morgan fingerprint density at radius 2 is 1.77 bits per heavy atom. The molecule has 0 saturated carbocycles. The van der Waals surface area contributed by atoms with Gasteiger partial charge in [-0.05, 0) is 18.5 Å². The summed E-state index contributed by atoms with van der Waals surface area (Å²) in [7, 11) is 0. The van der Waals surface area contributed by atoms with Gasteiger partial charge in [-0.25, -0.2) is 4.79 Å². The van der Waals surface area contributed by atoms with E-state index in [0.29, 0.717) is 19.6 Å². The van der Waals surface area contributed by atoms with E-state index < -0.39 is 11.2 Å². The lowest BCUT2D eigenvalue weighted by Gasteiger charge is -2.10. The minimum atomic E-state index is -0.490. The molecule has 26 heavy (non-hydrogen) atoms. The number of rotatable bonds is 9. The molecule has 0 aliphatic rings. The van der Waals surface area contributed by atoms with E-state index in [2.05, 4.69) is 17.6 Å². The van der Waals surface area contributed by atoms with Gasteiger partial charge in [-0.2, -0.15) is 0 Å². The molecule has 0 unspecified atom stereocenters. The maximum absolute atomic E-state index is 12.5. The molecule has 0 radical (unpaired) electrons. The lowest BCUT2D eigenvalue weighted by atomic mass is 10.2. The van der Waals surface area contributed by atoms with Crippen molar-refractivity contribution in [2.75, 3.05) is 19.6 Å². The minimum Gasteiger partial charge on any atom is -0.353 e. The summed E-state index contributed by atoms with van der Waals surface area (Å²) in [6, 6.07) is 10.8. The number of aromatic nitrogens is 2. The fraction of sp³-hybridized carbons (Fsp3) is 0.389. The van der Waals surface area contributed by atoms with Crippen molar-refractivity contribution in [1.82, 2.24) is 19.8 Å². The third-order valence-corrected chi connectivity index (χ3v) is 3.69. The van der Waals surface area contributed by atoms with E-state index in [0.717, 1.165) is 23.1 Å². The van der Waals surface area contributed by atoms with Gasteiger partial charge in [-0.3, -0.25) is 18.7 Å². The number of hydrogen-bond acceptors (Lipinski definition) is 4. The predicted octanol–water partition coefficient (Wildman–Crippen LogP) is 0.596. The number of nitrogens with one attached hydrogen (secondary N) is 2. The first-order valence-electron chi connectivity index (χ1n) is 8.43. The van der Waals surface area contributed by atoms with E-state index in [9.17, 15) is 14.4 Å². The summed E-state index contributed by atoms with van der Waals surface area (Å²) >= 11 is 0. The van der Waals surface area contributed by atoms with Crippen LogP contribution >= 0.6 is 12.4 Å². The van der Waals surface area contributed by atoms with Crippen LogP contribution in [-0.2, 0) is 17.9 Å². The van der Waals surface area contributed by atoms with Gasteiger partial charge in [0, 0.05) is 25.4 Å². The molecule has 1 heterocycles. The van der Waals surface area contributed by atoms with Crippen LogP contribution in [0.5, 0.6) is 0 Å². The minimum absolute atomic E-state index is 0. The first kappa shape index (κ1) is 21.7. The number of halogens is 1. The smallest absolute Gasteiger partial charge is 0.331 e. The molecule has 1 amide bonds. The Kier molecular flexibility index (Phi) is 9.40. The molecule has 0 fully saturated rings. The molecular weight excluding hydrogens is 356 g/mol. The Hall–Kier alpha value is -2.38. The number of amides is 1. The second-order valence-corrected chi connectivity index (χ2v) is 5.74. The number of carbonyl (C=O) groups is 1. The molecule has 8 heteroatoms. The van der Waals surface area contributed by atoms with E-state index >= 15 is 0 Å². The zero-order valence-electron chi connectivity index (χ0n) is 14.8. The fourth-order valence-corrected chi connectivity index (χ4v) is 2.39. The molecule has 0 spiro atoms. The molecule has 1 aromatic carbocycles. The van der Waals surface area contributed by atoms with Crippen LogP contribution in [0.25, 0.3) is 0 Å². The molecule has 2 rings (SSSR count). The van der Waals surface area contributed by atoms with Crippen LogP contribution in [0.4, 0.5) is 0 Å². The van der Waals surface area contributed by atoms with Crippen molar-refractivity contribution in [2.45, 2.75) is 26.4 Å². The van der Waals surface area contributed by atoms with Crippen molar-refractivity contribution >= 4 is 18.3 Å². The van der Waals surface area contributed by atoms with E-state index in [4.69, 9.17) is 0 Å². The highest BCUT2D eigenvalue weighted by molar-refractivity contribution is 5.85. The number of carbonyl (C=O) groups excluding carboxylic acids is 1. The molecule has 0 bridgehead atoms. The molecule has 0 aliphatic carbocycles. The van der Waals surface area contributed by atoms with Crippen molar-refractivity contribution in [3.05, 3.63) is 69.0 Å². The molecule has 2 aromatic rings. The van der Waals surface area contributed by atoms with Gasteiger partial charge in [-0.1, -0.05) is 37.3 Å². The molecule has 142 valence electrons. The van der Waals surface area contributed by atoms with Crippen LogP contribution in [0.15, 0.2) is 52.2 Å². The van der Waals surface area contributed by atoms with Crippen LogP contribution in [0.2, 0.25) is 0 Å². The predicted molar refractivity (Wildman–Crippen MR) is 104 cm³/mol. The quantitative estimate of drug-likeness (QED) is 0.624. The molecule has 0 aliphatic heterocycles. The van der Waals surface area contributed by atoms with Crippen LogP contribution in [0, 0.1) is 0 Å². The Morgan fingerprint density at radius 3 is 2.46 bits per heavy atom. The lowest BCUT2D eigenvalue weighted by Crippen LogP contribution is -2.44. The Bertz CT molecular complexity index is 802. The van der Waals surface area contributed by atoms with Crippen molar-refractivity contribution < 1.29 is 4.79 Å². The molecule has 7 nitrogen and oxygen atoms in total. The average Bonchev–Trinajstić information content (AvgIpc) is 2.62. The van der Waals surface area contributed by atoms with Gasteiger partial charge < -0.3 is 10.6 Å². The van der Waals surface area contributed by atoms with Gasteiger partial charge in [-0.15, -0.1) is 12.4 Å². The summed E-state index contributed by atoms with van der Waals surface area (Å²) in [5.74, 6) is -0.352. The number of nitrogens with zero attached hydrogens (tertiary/aromatic N) is 2. The van der Waals surface area contributed by atoms with Gasteiger partial charge in [0.2, 0.25) is 5.91 Å². The van der Waals surface area contributed by atoms with Gasteiger partial charge in [0.1, 0.15) is 6.54 Å². The van der Waals surface area contributed by atoms with Crippen LogP contribution < -0.4 is 21.9 Å². The second kappa shape index (κ2) is 11.3. The topological polar surface area (TPSA) is 85.1 Å². The van der Waals surface area contributed by atoms with Crippen LogP contribution in [0.3, 0.4) is 0 Å². The van der Waals surface area contributed by atoms with Crippen LogP contribution in [-0.4, -0.2) is 34.7 Å². The molecular formula is C18H25ClN4O3. The van der Waals surface area contributed by atoms with Gasteiger partial charge in [0.05, 0.1) is 6.54 Å². The van der Waals surface area contributed by atoms with Gasteiger partial charge in [0.15, 0.2) is 0 Å². The molecule has 1 aromatic heterocycles. The standard InChI is InChI=1S/C18H24N4O3.ClH/c1-2-9-19-10-11-20-16(23)14-22-17(24)8-12-21(18(22)25)13-15-6-4-3-5-7-15;/h3-8,12,19H,2,9-11,13-14H2,1H3,(H,20,23);1H. The highest BCUT2D eigenvalue weighted by Gasteiger charge is 2.10. The SMILES string of the molecule is CCCNCCNC(=O)Cn1c(=O)ccn(Cc2ccccc2)c1=O.Cl. The molecule has 2 N–H and O–H groups in total. The maximum atomic E-state index is 12.5. The Labute approximate surface area is 158 Å². The monoisotopic (exact) mass is 380 g/mol. The van der Waals surface area contributed by atoms with Crippen molar-refractivity contribution in [1.29, 1.82) is 0 Å². The van der Waals surface area contributed by atoms with Gasteiger partial charge in [0.25, 0.3) is 5.56 Å². The first-order chi connectivity index (χ1) is 12.1. The summed E-state index contributed by atoms with van der Waals surface area (Å²) < 4.78 is 2.38. The molecule has 0 saturated heterocycles. The zero-order chi connectivity index (χ0) is 18.1. The third-order valence-electron chi connectivity index (χ3n) is 3.69. The fourth-order valence-electron chi connectivity index (χ4n) is 2.39. The summed E-state index contributed by atoms with van der Waals surface area (Å²) in [5, 5.41) is 5.87. The summed E-state index contributed by atoms with van der Waals surface area (Å²) in [5.41, 5.74) is -0.0228. The Balaban J connectivity index is 0.00000338.